The van der Waals surface area contributed by atoms with Gasteiger partial charge in [-0.2, -0.15) is 0 Å². The van der Waals surface area contributed by atoms with Gasteiger partial charge in [-0.1, -0.05) is 19.9 Å². The number of carbonyl (C=O) groups excluding carboxylic acids is 1. The maximum absolute atomic E-state index is 11.6. The second-order valence-corrected chi connectivity index (χ2v) is 4.65. The van der Waals surface area contributed by atoms with Crippen molar-refractivity contribution in [3.63, 3.8) is 0 Å². The predicted octanol–water partition coefficient (Wildman–Crippen LogP) is 0.592. The molecule has 4 heteroatoms. The molecule has 1 amide bonds. The van der Waals surface area contributed by atoms with Crippen LogP contribution in [0.5, 0.6) is 0 Å². The van der Waals surface area contributed by atoms with E-state index >= 15 is 0 Å². The Labute approximate surface area is 98.9 Å². The maximum atomic E-state index is 11.6. The van der Waals surface area contributed by atoms with Gasteiger partial charge in [0.05, 0.1) is 6.04 Å². The van der Waals surface area contributed by atoms with Crippen LogP contribution < -0.4 is 11.1 Å². The van der Waals surface area contributed by atoms with E-state index in [1.165, 1.54) is 0 Å². The van der Waals surface area contributed by atoms with Gasteiger partial charge in [0.15, 0.2) is 0 Å². The highest BCUT2D eigenvalue weighted by atomic mass is 16.2. The van der Waals surface area contributed by atoms with Crippen molar-refractivity contribution < 1.29 is 4.79 Å². The normalized spacial score (nSPS) is 14.9. The first-order chi connectivity index (χ1) is 7.40. The highest BCUT2D eigenvalue weighted by molar-refractivity contribution is 5.81. The molecule has 0 aliphatic carbocycles. The maximum Gasteiger partial charge on any atom is 0.237 e. The second kappa shape index (κ2) is 7.41. The molecule has 94 valence electrons. The third kappa shape index (κ3) is 5.28. The number of likely N-dealkylation sites (N-methyl/N-ethyl adjacent to an activating group) is 1. The SMILES string of the molecule is C=CCC(N)C(=O)NCC(C(C)C)N(C)C. The van der Waals surface area contributed by atoms with Crippen LogP contribution in [-0.2, 0) is 4.79 Å². The van der Waals surface area contributed by atoms with Crippen molar-refractivity contribution in [2.24, 2.45) is 11.7 Å². The number of amides is 1. The van der Waals surface area contributed by atoms with Gasteiger partial charge in [0, 0.05) is 12.6 Å². The minimum Gasteiger partial charge on any atom is -0.353 e. The predicted molar refractivity (Wildman–Crippen MR) is 68.1 cm³/mol. The zero-order chi connectivity index (χ0) is 12.7. The molecule has 0 aliphatic rings. The molecule has 16 heavy (non-hydrogen) atoms. The number of hydrogen-bond acceptors (Lipinski definition) is 3. The molecular weight excluding hydrogens is 202 g/mol. The van der Waals surface area contributed by atoms with E-state index in [9.17, 15) is 4.79 Å². The molecule has 0 aliphatic heterocycles. The van der Waals surface area contributed by atoms with E-state index in [4.69, 9.17) is 5.73 Å². The fraction of sp³-hybridized carbons (Fsp3) is 0.750. The van der Waals surface area contributed by atoms with Crippen LogP contribution in [0, 0.1) is 5.92 Å². The summed E-state index contributed by atoms with van der Waals surface area (Å²) in [4.78, 5) is 13.7. The number of rotatable bonds is 7. The van der Waals surface area contributed by atoms with Crippen molar-refractivity contribution in [2.75, 3.05) is 20.6 Å². The lowest BCUT2D eigenvalue weighted by atomic mass is 10.0. The van der Waals surface area contributed by atoms with Crippen molar-refractivity contribution in [1.82, 2.24) is 10.2 Å². The molecule has 0 saturated heterocycles. The first-order valence-electron chi connectivity index (χ1n) is 5.70. The van der Waals surface area contributed by atoms with Crippen LogP contribution in [-0.4, -0.2) is 43.5 Å². The number of nitrogens with one attached hydrogen (secondary N) is 1. The number of hydrogen-bond donors (Lipinski definition) is 2. The molecule has 0 aromatic heterocycles. The summed E-state index contributed by atoms with van der Waals surface area (Å²) in [6.07, 6.45) is 2.18. The van der Waals surface area contributed by atoms with Crippen LogP contribution >= 0.6 is 0 Å². The van der Waals surface area contributed by atoms with Crippen LogP contribution in [0.25, 0.3) is 0 Å². The molecule has 4 nitrogen and oxygen atoms in total. The average Bonchev–Trinajstić information content (AvgIpc) is 2.16. The van der Waals surface area contributed by atoms with Crippen LogP contribution in [0.3, 0.4) is 0 Å². The minimum absolute atomic E-state index is 0.104. The Hall–Kier alpha value is -0.870. The molecular formula is C12H25N3O. The third-order valence-electron chi connectivity index (χ3n) is 2.68. The van der Waals surface area contributed by atoms with Crippen LogP contribution in [0.4, 0.5) is 0 Å². The molecule has 0 spiro atoms. The number of nitrogens with two attached hydrogens (primary N) is 1. The lowest BCUT2D eigenvalue weighted by Crippen LogP contribution is -2.47. The summed E-state index contributed by atoms with van der Waals surface area (Å²) >= 11 is 0. The lowest BCUT2D eigenvalue weighted by molar-refractivity contribution is -0.122. The lowest BCUT2D eigenvalue weighted by Gasteiger charge is -2.28. The van der Waals surface area contributed by atoms with E-state index in [1.54, 1.807) is 6.08 Å². The Balaban J connectivity index is 4.10. The molecule has 0 rings (SSSR count). The molecule has 0 fully saturated rings. The van der Waals surface area contributed by atoms with Gasteiger partial charge in [0.25, 0.3) is 0 Å². The standard InChI is InChI=1S/C12H25N3O/c1-6-7-10(13)12(16)14-8-11(9(2)3)15(4)5/h6,9-11H,1,7-8,13H2,2-5H3,(H,14,16). The molecule has 0 heterocycles. The Morgan fingerprint density at radius 2 is 2.06 bits per heavy atom. The van der Waals surface area contributed by atoms with Crippen LogP contribution in [0.1, 0.15) is 20.3 Å². The fourth-order valence-corrected chi connectivity index (χ4v) is 1.64. The topological polar surface area (TPSA) is 58.4 Å². The highest BCUT2D eigenvalue weighted by Gasteiger charge is 2.18. The van der Waals surface area contributed by atoms with Crippen molar-refractivity contribution in [3.05, 3.63) is 12.7 Å². The monoisotopic (exact) mass is 227 g/mol. The second-order valence-electron chi connectivity index (χ2n) is 4.65. The highest BCUT2D eigenvalue weighted by Crippen LogP contribution is 2.06. The molecule has 0 aromatic carbocycles. The third-order valence-corrected chi connectivity index (χ3v) is 2.68. The fourth-order valence-electron chi connectivity index (χ4n) is 1.64. The summed E-state index contributed by atoms with van der Waals surface area (Å²) in [7, 11) is 4.03. The van der Waals surface area contributed by atoms with E-state index in [-0.39, 0.29) is 5.91 Å². The largest absolute Gasteiger partial charge is 0.353 e. The summed E-state index contributed by atoms with van der Waals surface area (Å²) in [6.45, 7) is 8.48. The van der Waals surface area contributed by atoms with Gasteiger partial charge in [-0.25, -0.2) is 0 Å². The number of carbonyl (C=O) groups is 1. The van der Waals surface area contributed by atoms with Gasteiger partial charge in [-0.15, -0.1) is 6.58 Å². The Bertz CT molecular complexity index is 218. The van der Waals surface area contributed by atoms with Crippen LogP contribution in [0.15, 0.2) is 12.7 Å². The zero-order valence-corrected chi connectivity index (χ0v) is 10.9. The van der Waals surface area contributed by atoms with Gasteiger partial charge in [0.1, 0.15) is 0 Å². The smallest absolute Gasteiger partial charge is 0.237 e. The van der Waals surface area contributed by atoms with Crippen molar-refractivity contribution in [1.29, 1.82) is 0 Å². The van der Waals surface area contributed by atoms with Gasteiger partial charge in [0.2, 0.25) is 5.91 Å². The average molecular weight is 227 g/mol. The zero-order valence-electron chi connectivity index (χ0n) is 10.9. The summed E-state index contributed by atoms with van der Waals surface area (Å²) < 4.78 is 0. The van der Waals surface area contributed by atoms with Crippen molar-refractivity contribution in [2.45, 2.75) is 32.4 Å². The Kier molecular flexibility index (Phi) is 7.01. The molecule has 0 bridgehead atoms. The van der Waals surface area contributed by atoms with E-state index in [2.05, 4.69) is 30.6 Å². The molecule has 0 aromatic rings. The number of nitrogens with zero attached hydrogens (tertiary/aromatic N) is 1. The first kappa shape index (κ1) is 15.1. The molecule has 0 saturated carbocycles. The van der Waals surface area contributed by atoms with Gasteiger partial charge in [-0.3, -0.25) is 4.79 Å². The van der Waals surface area contributed by atoms with E-state index in [0.29, 0.717) is 24.9 Å². The van der Waals surface area contributed by atoms with E-state index in [1.807, 2.05) is 14.1 Å². The van der Waals surface area contributed by atoms with E-state index in [0.717, 1.165) is 0 Å². The molecule has 0 radical (unpaired) electrons. The van der Waals surface area contributed by atoms with Crippen molar-refractivity contribution in [3.8, 4) is 0 Å². The Morgan fingerprint density at radius 1 is 1.50 bits per heavy atom. The summed E-state index contributed by atoms with van der Waals surface area (Å²) in [5.41, 5.74) is 5.67. The first-order valence-corrected chi connectivity index (χ1v) is 5.70. The van der Waals surface area contributed by atoms with Gasteiger partial charge in [-0.05, 0) is 26.4 Å². The minimum atomic E-state index is -0.479. The summed E-state index contributed by atoms with van der Waals surface area (Å²) in [6, 6.07) is -0.146. The molecule has 3 N–H and O–H groups in total. The van der Waals surface area contributed by atoms with Gasteiger partial charge >= 0.3 is 0 Å². The Morgan fingerprint density at radius 3 is 2.44 bits per heavy atom. The summed E-state index contributed by atoms with van der Waals surface area (Å²) in [5, 5.41) is 2.88. The van der Waals surface area contributed by atoms with Crippen LogP contribution in [0.2, 0.25) is 0 Å². The quantitative estimate of drug-likeness (QED) is 0.626. The summed E-state index contributed by atoms with van der Waals surface area (Å²) in [5.74, 6) is 0.387. The van der Waals surface area contributed by atoms with E-state index < -0.39 is 6.04 Å². The molecule has 2 atom stereocenters. The van der Waals surface area contributed by atoms with Crippen molar-refractivity contribution >= 4 is 5.91 Å². The van der Waals surface area contributed by atoms with Gasteiger partial charge < -0.3 is 16.0 Å². The molecule has 2 unspecified atom stereocenters.